The molecule has 0 heterocycles. The van der Waals surface area contributed by atoms with E-state index in [-0.39, 0.29) is 30.6 Å². The van der Waals surface area contributed by atoms with Crippen molar-refractivity contribution in [2.45, 2.75) is 12.8 Å². The van der Waals surface area contributed by atoms with E-state index >= 15 is 0 Å². The van der Waals surface area contributed by atoms with Crippen LogP contribution in [0.3, 0.4) is 0 Å². The van der Waals surface area contributed by atoms with Gasteiger partial charge in [-0.25, -0.2) is 0 Å². The number of carbonyl (C=O) groups is 1. The lowest BCUT2D eigenvalue weighted by Gasteiger charge is -2.07. The first-order chi connectivity index (χ1) is 9.13. The molecule has 0 aliphatic rings. The third kappa shape index (κ3) is 6.91. The molecule has 20 heavy (non-hydrogen) atoms. The van der Waals surface area contributed by atoms with E-state index < -0.39 is 4.92 Å². The fourth-order valence-corrected chi connectivity index (χ4v) is 1.36. The summed E-state index contributed by atoms with van der Waals surface area (Å²) < 4.78 is 5.20. The summed E-state index contributed by atoms with van der Waals surface area (Å²) in [6.07, 6.45) is 1.70. The van der Waals surface area contributed by atoms with Gasteiger partial charge in [0, 0.05) is 18.7 Å². The molecule has 1 aromatic carbocycles. The maximum absolute atomic E-state index is 11.4. The first-order valence-corrected chi connectivity index (χ1v) is 5.97. The summed E-state index contributed by atoms with van der Waals surface area (Å²) in [6.45, 7) is 1.06. The Bertz CT molecular complexity index is 425. The minimum absolute atomic E-state index is 0. The quantitative estimate of drug-likeness (QED) is 0.427. The second-order valence-corrected chi connectivity index (χ2v) is 3.89. The van der Waals surface area contributed by atoms with E-state index in [1.165, 1.54) is 24.3 Å². The molecule has 0 atom stereocenters. The minimum atomic E-state index is -0.492. The third-order valence-electron chi connectivity index (χ3n) is 2.37. The van der Waals surface area contributed by atoms with Crippen molar-refractivity contribution in [3.05, 3.63) is 34.4 Å². The Labute approximate surface area is 123 Å². The first-order valence-electron chi connectivity index (χ1n) is 5.97. The van der Waals surface area contributed by atoms with Crippen molar-refractivity contribution < 1.29 is 14.5 Å². The summed E-state index contributed by atoms with van der Waals surface area (Å²) in [5.74, 6) is 0.193. The number of nitrogens with one attached hydrogen (secondary N) is 1. The first kappa shape index (κ1) is 18.1. The number of unbranched alkanes of at least 4 members (excludes halogenated alkanes) is 1. The minimum Gasteiger partial charge on any atom is -0.484 e. The van der Waals surface area contributed by atoms with Crippen LogP contribution in [0.15, 0.2) is 24.3 Å². The third-order valence-corrected chi connectivity index (χ3v) is 2.37. The number of nitrogens with two attached hydrogens (primary N) is 1. The molecule has 112 valence electrons. The highest BCUT2D eigenvalue weighted by Crippen LogP contribution is 2.16. The molecule has 1 rings (SSSR count). The number of hydrogen-bond donors (Lipinski definition) is 2. The summed E-state index contributed by atoms with van der Waals surface area (Å²) >= 11 is 0. The van der Waals surface area contributed by atoms with Gasteiger partial charge in [0.15, 0.2) is 6.61 Å². The SMILES string of the molecule is Cl.NCCCCNC(=O)COc1ccc([N+](=O)[O-])cc1. The molecule has 1 aromatic rings. The van der Waals surface area contributed by atoms with Crippen molar-refractivity contribution in [3.8, 4) is 5.75 Å². The molecule has 0 aromatic heterocycles. The van der Waals surface area contributed by atoms with Crippen molar-refractivity contribution in [2.75, 3.05) is 19.7 Å². The number of non-ortho nitro benzene ring substituents is 1. The number of ether oxygens (including phenoxy) is 1. The maximum atomic E-state index is 11.4. The molecule has 1 amide bonds. The van der Waals surface area contributed by atoms with Gasteiger partial charge in [-0.05, 0) is 31.5 Å². The summed E-state index contributed by atoms with van der Waals surface area (Å²) in [7, 11) is 0. The Kier molecular flexibility index (Phi) is 9.06. The molecular weight excluding hydrogens is 286 g/mol. The van der Waals surface area contributed by atoms with Gasteiger partial charge in [0.05, 0.1) is 4.92 Å². The molecule has 0 radical (unpaired) electrons. The number of carbonyl (C=O) groups excluding carboxylic acids is 1. The fraction of sp³-hybridized carbons (Fsp3) is 0.417. The Morgan fingerprint density at radius 1 is 1.30 bits per heavy atom. The average Bonchev–Trinajstić information content (AvgIpc) is 2.42. The van der Waals surface area contributed by atoms with Crippen LogP contribution in [0.4, 0.5) is 5.69 Å². The zero-order valence-corrected chi connectivity index (χ0v) is 11.7. The topological polar surface area (TPSA) is 107 Å². The normalized spacial score (nSPS) is 9.45. The van der Waals surface area contributed by atoms with E-state index in [2.05, 4.69) is 5.32 Å². The Morgan fingerprint density at radius 3 is 2.50 bits per heavy atom. The number of benzene rings is 1. The van der Waals surface area contributed by atoms with Crippen molar-refractivity contribution in [1.82, 2.24) is 5.32 Å². The molecule has 3 N–H and O–H groups in total. The highest BCUT2D eigenvalue weighted by molar-refractivity contribution is 5.85. The van der Waals surface area contributed by atoms with Crippen LogP contribution in [0.25, 0.3) is 0 Å². The number of rotatable bonds is 8. The number of nitro benzene ring substituents is 1. The van der Waals surface area contributed by atoms with Gasteiger partial charge in [-0.2, -0.15) is 0 Å². The second-order valence-electron chi connectivity index (χ2n) is 3.89. The lowest BCUT2D eigenvalue weighted by molar-refractivity contribution is -0.384. The number of nitrogens with zero attached hydrogens (tertiary/aromatic N) is 1. The predicted octanol–water partition coefficient (Wildman–Crippen LogP) is 1.25. The molecule has 0 fully saturated rings. The van der Waals surface area contributed by atoms with Crippen molar-refractivity contribution >= 4 is 24.0 Å². The Morgan fingerprint density at radius 2 is 1.95 bits per heavy atom. The average molecular weight is 304 g/mol. The standard InChI is InChI=1S/C12H17N3O4.ClH/c13-7-1-2-8-14-12(16)9-19-11-5-3-10(4-6-11)15(17)18;/h3-6H,1-2,7-9,13H2,(H,14,16);1H. The van der Waals surface area contributed by atoms with Crippen LogP contribution in [0.5, 0.6) is 5.75 Å². The summed E-state index contributed by atoms with van der Waals surface area (Å²) in [5.41, 5.74) is 5.31. The molecule has 0 spiro atoms. The van der Waals surface area contributed by atoms with Gasteiger partial charge in [-0.15, -0.1) is 12.4 Å². The molecule has 0 unspecified atom stereocenters. The largest absolute Gasteiger partial charge is 0.484 e. The number of hydrogen-bond acceptors (Lipinski definition) is 5. The van der Waals surface area contributed by atoms with Gasteiger partial charge < -0.3 is 15.8 Å². The van der Waals surface area contributed by atoms with Gasteiger partial charge in [0.2, 0.25) is 0 Å². The van der Waals surface area contributed by atoms with Crippen LogP contribution < -0.4 is 15.8 Å². The van der Waals surface area contributed by atoms with Crippen LogP contribution in [-0.2, 0) is 4.79 Å². The Hall–Kier alpha value is -1.86. The zero-order valence-electron chi connectivity index (χ0n) is 10.9. The lowest BCUT2D eigenvalue weighted by Crippen LogP contribution is -2.29. The van der Waals surface area contributed by atoms with Crippen LogP contribution in [0.1, 0.15) is 12.8 Å². The Balaban J connectivity index is 0.00000361. The molecular formula is C12H18ClN3O4. The van der Waals surface area contributed by atoms with E-state index in [4.69, 9.17) is 10.5 Å². The fourth-order valence-electron chi connectivity index (χ4n) is 1.36. The van der Waals surface area contributed by atoms with E-state index in [1.54, 1.807) is 0 Å². The van der Waals surface area contributed by atoms with Crippen LogP contribution in [-0.4, -0.2) is 30.5 Å². The molecule has 7 nitrogen and oxygen atoms in total. The summed E-state index contributed by atoms with van der Waals surface area (Å²) in [6, 6.07) is 5.57. The number of halogens is 1. The molecule has 0 aliphatic carbocycles. The van der Waals surface area contributed by atoms with Crippen LogP contribution in [0.2, 0.25) is 0 Å². The molecule has 0 bridgehead atoms. The number of nitro groups is 1. The molecule has 0 saturated heterocycles. The van der Waals surface area contributed by atoms with E-state index in [9.17, 15) is 14.9 Å². The van der Waals surface area contributed by atoms with Gasteiger partial charge in [-0.3, -0.25) is 14.9 Å². The zero-order chi connectivity index (χ0) is 14.1. The summed E-state index contributed by atoms with van der Waals surface area (Å²) in [5, 5.41) is 13.1. The van der Waals surface area contributed by atoms with E-state index in [0.717, 1.165) is 12.8 Å². The van der Waals surface area contributed by atoms with Gasteiger partial charge in [0.1, 0.15) is 5.75 Å². The van der Waals surface area contributed by atoms with Crippen LogP contribution >= 0.6 is 12.4 Å². The van der Waals surface area contributed by atoms with Crippen molar-refractivity contribution in [3.63, 3.8) is 0 Å². The second kappa shape index (κ2) is 9.99. The summed E-state index contributed by atoms with van der Waals surface area (Å²) in [4.78, 5) is 21.3. The molecule has 0 saturated carbocycles. The highest BCUT2D eigenvalue weighted by Gasteiger charge is 2.06. The van der Waals surface area contributed by atoms with E-state index in [0.29, 0.717) is 18.8 Å². The predicted molar refractivity (Wildman–Crippen MR) is 77.1 cm³/mol. The number of amides is 1. The van der Waals surface area contributed by atoms with Crippen LogP contribution in [0, 0.1) is 10.1 Å². The van der Waals surface area contributed by atoms with Crippen molar-refractivity contribution in [2.24, 2.45) is 5.73 Å². The monoisotopic (exact) mass is 303 g/mol. The lowest BCUT2D eigenvalue weighted by atomic mass is 10.3. The van der Waals surface area contributed by atoms with Gasteiger partial charge >= 0.3 is 0 Å². The highest BCUT2D eigenvalue weighted by atomic mass is 35.5. The van der Waals surface area contributed by atoms with E-state index in [1.807, 2.05) is 0 Å². The molecule has 0 aliphatic heterocycles. The molecule has 8 heteroatoms. The maximum Gasteiger partial charge on any atom is 0.269 e. The van der Waals surface area contributed by atoms with Gasteiger partial charge in [0.25, 0.3) is 11.6 Å². The van der Waals surface area contributed by atoms with Gasteiger partial charge in [-0.1, -0.05) is 0 Å². The van der Waals surface area contributed by atoms with Crippen molar-refractivity contribution in [1.29, 1.82) is 0 Å². The smallest absolute Gasteiger partial charge is 0.269 e.